The predicted octanol–water partition coefficient (Wildman–Crippen LogP) is 6.21. The van der Waals surface area contributed by atoms with Crippen LogP contribution in [-0.4, -0.2) is 47.6 Å². The van der Waals surface area contributed by atoms with Crippen LogP contribution in [0.2, 0.25) is 0 Å². The summed E-state index contributed by atoms with van der Waals surface area (Å²) < 4.78 is 19.7. The molecule has 0 amide bonds. The smallest absolute Gasteiger partial charge is 0.245 e. The van der Waals surface area contributed by atoms with Gasteiger partial charge in [0.1, 0.15) is 5.75 Å². The Labute approximate surface area is 233 Å². The number of hydrogen-bond acceptors (Lipinski definition) is 8. The molecular formula is C31H33FN6O2. The van der Waals surface area contributed by atoms with Crippen LogP contribution in [0, 0.1) is 11.7 Å². The summed E-state index contributed by atoms with van der Waals surface area (Å²) in [6.45, 7) is 6.60. The van der Waals surface area contributed by atoms with E-state index in [-0.39, 0.29) is 17.5 Å². The molecule has 3 N–H and O–H groups in total. The van der Waals surface area contributed by atoms with Gasteiger partial charge in [0.2, 0.25) is 5.95 Å². The van der Waals surface area contributed by atoms with Crippen molar-refractivity contribution in [3.8, 4) is 16.9 Å². The summed E-state index contributed by atoms with van der Waals surface area (Å²) in [6, 6.07) is 21.5. The third-order valence-corrected chi connectivity index (χ3v) is 6.53. The molecule has 1 aliphatic heterocycles. The molecule has 0 unspecified atom stereocenters. The van der Waals surface area contributed by atoms with Crippen LogP contribution in [0.4, 0.5) is 27.5 Å². The number of nitrogens with zero attached hydrogens (tertiary/aromatic N) is 4. The van der Waals surface area contributed by atoms with E-state index in [4.69, 9.17) is 4.74 Å². The van der Waals surface area contributed by atoms with Gasteiger partial charge in [-0.2, -0.15) is 10.1 Å². The molecule has 0 radical (unpaired) electrons. The Morgan fingerprint density at radius 1 is 1.02 bits per heavy atom. The van der Waals surface area contributed by atoms with E-state index in [0.717, 1.165) is 46.2 Å². The van der Waals surface area contributed by atoms with Gasteiger partial charge < -0.3 is 20.1 Å². The minimum absolute atomic E-state index is 0.233. The number of halogens is 1. The highest BCUT2D eigenvalue weighted by Gasteiger charge is 2.17. The van der Waals surface area contributed by atoms with E-state index in [1.165, 1.54) is 0 Å². The molecule has 0 atom stereocenters. The second-order valence-corrected chi connectivity index (χ2v) is 10.1. The Morgan fingerprint density at radius 3 is 2.55 bits per heavy atom. The molecule has 5 rings (SSSR count). The van der Waals surface area contributed by atoms with Crippen molar-refractivity contribution in [1.82, 2.24) is 9.97 Å². The highest BCUT2D eigenvalue weighted by molar-refractivity contribution is 5.83. The first-order valence-electron chi connectivity index (χ1n) is 13.4. The second-order valence-electron chi connectivity index (χ2n) is 10.1. The molecule has 1 aliphatic rings. The summed E-state index contributed by atoms with van der Waals surface area (Å²) in [6.07, 6.45) is 3.78. The number of nitrogens with one attached hydrogen (secondary N) is 2. The van der Waals surface area contributed by atoms with E-state index in [0.29, 0.717) is 32.2 Å². The molecule has 1 fully saturated rings. The van der Waals surface area contributed by atoms with E-state index < -0.39 is 5.82 Å². The quantitative estimate of drug-likeness (QED) is 0.172. The van der Waals surface area contributed by atoms with Crippen molar-refractivity contribution in [3.05, 3.63) is 89.9 Å². The number of phenols is 1. The van der Waals surface area contributed by atoms with E-state index in [9.17, 15) is 9.50 Å². The molecule has 8 nitrogen and oxygen atoms in total. The molecule has 4 aromatic rings. The zero-order valence-electron chi connectivity index (χ0n) is 22.6. The summed E-state index contributed by atoms with van der Waals surface area (Å²) >= 11 is 0. The van der Waals surface area contributed by atoms with Crippen LogP contribution in [0.15, 0.2) is 78.0 Å². The van der Waals surface area contributed by atoms with Crippen molar-refractivity contribution in [1.29, 1.82) is 0 Å². The maximum atomic E-state index is 14.3. The van der Waals surface area contributed by atoms with Crippen LogP contribution in [-0.2, 0) is 11.2 Å². The lowest BCUT2D eigenvalue weighted by molar-refractivity contribution is 0.122. The molecule has 1 aromatic heterocycles. The third kappa shape index (κ3) is 6.92. The maximum absolute atomic E-state index is 14.3. The van der Waals surface area contributed by atoms with Crippen molar-refractivity contribution < 1.29 is 14.2 Å². The highest BCUT2D eigenvalue weighted by Crippen LogP contribution is 2.27. The Hall–Kier alpha value is -4.50. The van der Waals surface area contributed by atoms with E-state index in [1.807, 2.05) is 53.4 Å². The fourth-order valence-electron chi connectivity index (χ4n) is 4.59. The average molecular weight is 541 g/mol. The van der Waals surface area contributed by atoms with Gasteiger partial charge in [0, 0.05) is 24.5 Å². The standard InChI is InChI=1S/C31H33FN6O2/c1-21(2)16-25-17-27(35-26-9-6-22(7-10-26)23-4-3-5-28(39)18-23)11-8-24(25)19-34-37-31-33-20-29(32)30(36-31)38-12-14-40-15-13-38/h3-11,17-21,35,39H,12-16H2,1-2H3,(H,33,36,37)/b34-19+. The van der Waals surface area contributed by atoms with Crippen LogP contribution in [0.1, 0.15) is 25.0 Å². The van der Waals surface area contributed by atoms with Gasteiger partial charge >= 0.3 is 0 Å². The lowest BCUT2D eigenvalue weighted by atomic mass is 9.97. The van der Waals surface area contributed by atoms with Gasteiger partial charge in [0.25, 0.3) is 0 Å². The number of hydrazone groups is 1. The number of aromatic hydroxyl groups is 1. The van der Waals surface area contributed by atoms with Crippen molar-refractivity contribution >= 4 is 29.4 Å². The monoisotopic (exact) mass is 540 g/mol. The number of benzene rings is 3. The molecule has 0 saturated carbocycles. The first kappa shape index (κ1) is 27.1. The summed E-state index contributed by atoms with van der Waals surface area (Å²) in [5.74, 6) is 0.721. The number of ether oxygens (including phenoxy) is 1. The fraction of sp³-hybridized carbons (Fsp3) is 0.258. The first-order valence-corrected chi connectivity index (χ1v) is 13.4. The Bertz CT molecular complexity index is 1470. The van der Waals surface area contributed by atoms with Crippen LogP contribution >= 0.6 is 0 Å². The Kier molecular flexibility index (Phi) is 8.51. The first-order chi connectivity index (χ1) is 19.4. The Morgan fingerprint density at radius 2 is 1.80 bits per heavy atom. The van der Waals surface area contributed by atoms with Gasteiger partial charge in [-0.3, -0.25) is 0 Å². The number of phenolic OH excluding ortho intramolecular Hbond substituents is 1. The highest BCUT2D eigenvalue weighted by atomic mass is 19.1. The van der Waals surface area contributed by atoms with Crippen LogP contribution in [0.3, 0.4) is 0 Å². The number of aromatic nitrogens is 2. The topological polar surface area (TPSA) is 94.9 Å². The largest absolute Gasteiger partial charge is 0.508 e. The van der Waals surface area contributed by atoms with Crippen molar-refractivity contribution in [2.24, 2.45) is 11.0 Å². The lowest BCUT2D eigenvalue weighted by Gasteiger charge is -2.27. The van der Waals surface area contributed by atoms with Gasteiger partial charge in [-0.25, -0.2) is 14.8 Å². The third-order valence-electron chi connectivity index (χ3n) is 6.53. The number of hydrogen-bond donors (Lipinski definition) is 3. The van der Waals surface area contributed by atoms with Gasteiger partial charge in [-0.05, 0) is 71.0 Å². The van der Waals surface area contributed by atoms with Crippen LogP contribution in [0.25, 0.3) is 11.1 Å². The summed E-state index contributed by atoms with van der Waals surface area (Å²) in [7, 11) is 0. The molecule has 206 valence electrons. The zero-order valence-corrected chi connectivity index (χ0v) is 22.6. The van der Waals surface area contributed by atoms with E-state index >= 15 is 0 Å². The number of anilines is 4. The lowest BCUT2D eigenvalue weighted by Crippen LogP contribution is -2.37. The number of rotatable bonds is 9. The molecule has 2 heterocycles. The zero-order chi connectivity index (χ0) is 27.9. The molecule has 0 aliphatic carbocycles. The molecule has 0 bridgehead atoms. The van der Waals surface area contributed by atoms with E-state index in [1.54, 1.807) is 18.3 Å². The molecular weight excluding hydrogens is 507 g/mol. The van der Waals surface area contributed by atoms with Gasteiger partial charge in [0.05, 0.1) is 25.6 Å². The SMILES string of the molecule is CC(C)Cc1cc(Nc2ccc(-c3cccc(O)c3)cc2)ccc1/C=N/Nc1ncc(F)c(N2CCOCC2)n1. The van der Waals surface area contributed by atoms with Crippen molar-refractivity contribution in [2.45, 2.75) is 20.3 Å². The van der Waals surface area contributed by atoms with Gasteiger partial charge in [-0.15, -0.1) is 0 Å². The van der Waals surface area contributed by atoms with Crippen LogP contribution in [0.5, 0.6) is 5.75 Å². The maximum Gasteiger partial charge on any atom is 0.245 e. The molecule has 1 saturated heterocycles. The number of morpholine rings is 1. The van der Waals surface area contributed by atoms with Crippen molar-refractivity contribution in [2.75, 3.05) is 41.9 Å². The minimum atomic E-state index is -0.465. The average Bonchev–Trinajstić information content (AvgIpc) is 2.95. The van der Waals surface area contributed by atoms with Gasteiger partial charge in [-0.1, -0.05) is 44.2 Å². The minimum Gasteiger partial charge on any atom is -0.508 e. The molecule has 3 aromatic carbocycles. The van der Waals surface area contributed by atoms with Crippen LogP contribution < -0.4 is 15.6 Å². The summed E-state index contributed by atoms with van der Waals surface area (Å²) in [5, 5.41) is 17.6. The summed E-state index contributed by atoms with van der Waals surface area (Å²) in [4.78, 5) is 10.2. The van der Waals surface area contributed by atoms with Gasteiger partial charge in [0.15, 0.2) is 11.6 Å². The Balaban J connectivity index is 1.28. The second kappa shape index (κ2) is 12.6. The normalized spacial score (nSPS) is 13.7. The van der Waals surface area contributed by atoms with Crippen molar-refractivity contribution in [3.63, 3.8) is 0 Å². The molecule has 40 heavy (non-hydrogen) atoms. The predicted molar refractivity (Wildman–Crippen MR) is 158 cm³/mol. The molecule has 0 spiro atoms. The van der Waals surface area contributed by atoms with E-state index in [2.05, 4.69) is 45.7 Å². The molecule has 9 heteroatoms. The fourth-order valence-corrected chi connectivity index (χ4v) is 4.59. The summed E-state index contributed by atoms with van der Waals surface area (Å²) in [5.41, 5.74) is 8.91.